The van der Waals surface area contributed by atoms with Gasteiger partial charge in [-0.3, -0.25) is 14.6 Å². The number of aromatic amines is 1. The minimum Gasteiger partial charge on any atom is -0.374 e. The maximum absolute atomic E-state index is 12.3. The van der Waals surface area contributed by atoms with Gasteiger partial charge in [-0.15, -0.1) is 0 Å². The van der Waals surface area contributed by atoms with Crippen LogP contribution in [0.2, 0.25) is 0 Å². The Morgan fingerprint density at radius 3 is 2.77 bits per heavy atom. The van der Waals surface area contributed by atoms with Crippen molar-refractivity contribution in [3.8, 4) is 11.1 Å². The van der Waals surface area contributed by atoms with Gasteiger partial charge < -0.3 is 15.2 Å². The lowest BCUT2D eigenvalue weighted by molar-refractivity contribution is -0.129. The third kappa shape index (κ3) is 4.49. The fraction of sp³-hybridized carbons (Fsp3) is 0.208. The molecule has 1 fully saturated rings. The summed E-state index contributed by atoms with van der Waals surface area (Å²) in [6.45, 7) is 3.19. The molecule has 1 aromatic carbocycles. The van der Waals surface area contributed by atoms with Crippen LogP contribution in [0.15, 0.2) is 71.8 Å². The van der Waals surface area contributed by atoms with Crippen molar-refractivity contribution >= 4 is 17.7 Å². The first-order valence-electron chi connectivity index (χ1n) is 10.1. The van der Waals surface area contributed by atoms with Crippen LogP contribution in [0, 0.1) is 0 Å². The van der Waals surface area contributed by atoms with Gasteiger partial charge in [0.05, 0.1) is 6.04 Å². The van der Waals surface area contributed by atoms with Crippen LogP contribution in [0.1, 0.15) is 18.2 Å². The molecular formula is C24H24N4O2. The minimum atomic E-state index is -0.169. The Labute approximate surface area is 175 Å². The molecule has 30 heavy (non-hydrogen) atoms. The topological polar surface area (TPSA) is 78.1 Å². The maximum atomic E-state index is 12.3. The van der Waals surface area contributed by atoms with Gasteiger partial charge in [0.25, 0.3) is 5.56 Å². The Bertz CT molecular complexity index is 1120. The molecule has 1 aliphatic heterocycles. The number of pyridine rings is 2. The zero-order chi connectivity index (χ0) is 20.9. The highest BCUT2D eigenvalue weighted by Gasteiger charge is 2.29. The lowest BCUT2D eigenvalue weighted by atomic mass is 10.1. The molecule has 6 nitrogen and oxygen atoms in total. The van der Waals surface area contributed by atoms with E-state index in [0.29, 0.717) is 18.8 Å². The molecule has 0 atom stereocenters. The van der Waals surface area contributed by atoms with Gasteiger partial charge in [-0.05, 0) is 41.8 Å². The first-order chi connectivity index (χ1) is 14.6. The van der Waals surface area contributed by atoms with Crippen molar-refractivity contribution in [1.29, 1.82) is 0 Å². The van der Waals surface area contributed by atoms with E-state index in [1.807, 2.05) is 54.6 Å². The van der Waals surface area contributed by atoms with Crippen LogP contribution in [-0.2, 0) is 11.2 Å². The Kier molecular flexibility index (Phi) is 5.75. The van der Waals surface area contributed by atoms with Crippen molar-refractivity contribution in [2.24, 2.45) is 0 Å². The molecule has 4 rings (SSSR count). The van der Waals surface area contributed by atoms with Crippen LogP contribution in [0.5, 0.6) is 0 Å². The second-order valence-corrected chi connectivity index (χ2v) is 7.35. The number of H-pyrrole nitrogens is 1. The number of hydrogen-bond donors (Lipinski definition) is 2. The molecule has 1 amide bonds. The molecule has 2 N–H and O–H groups in total. The second-order valence-electron chi connectivity index (χ2n) is 7.35. The summed E-state index contributed by atoms with van der Waals surface area (Å²) in [7, 11) is 0. The fourth-order valence-corrected chi connectivity index (χ4v) is 3.42. The van der Waals surface area contributed by atoms with Crippen molar-refractivity contribution in [3.05, 3.63) is 88.6 Å². The highest BCUT2D eigenvalue weighted by atomic mass is 16.2. The summed E-state index contributed by atoms with van der Waals surface area (Å²) in [5.74, 6) is -0.0246. The molecule has 6 heteroatoms. The van der Waals surface area contributed by atoms with Gasteiger partial charge in [-0.25, -0.2) is 0 Å². The van der Waals surface area contributed by atoms with Crippen LogP contribution in [0.4, 0.5) is 5.69 Å². The van der Waals surface area contributed by atoms with Crippen LogP contribution >= 0.6 is 0 Å². The third-order valence-electron chi connectivity index (χ3n) is 5.19. The smallest absolute Gasteiger partial charge is 0.271 e. The highest BCUT2D eigenvalue weighted by molar-refractivity contribution is 5.92. The second kappa shape index (κ2) is 8.78. The summed E-state index contributed by atoms with van der Waals surface area (Å²) in [6.07, 6.45) is 7.76. The van der Waals surface area contributed by atoms with Gasteiger partial charge in [-0.2, -0.15) is 0 Å². The number of nitrogens with one attached hydrogen (secondary N) is 2. The van der Waals surface area contributed by atoms with Crippen molar-refractivity contribution in [1.82, 2.24) is 14.9 Å². The maximum Gasteiger partial charge on any atom is 0.271 e. The molecule has 3 aromatic rings. The van der Waals surface area contributed by atoms with Crippen LogP contribution in [-0.4, -0.2) is 39.9 Å². The van der Waals surface area contributed by atoms with Crippen LogP contribution in [0.3, 0.4) is 0 Å². The molecule has 1 aliphatic rings. The minimum absolute atomic E-state index is 0.0246. The Morgan fingerprint density at radius 2 is 2.00 bits per heavy atom. The van der Waals surface area contributed by atoms with E-state index in [-0.39, 0.29) is 17.5 Å². The average molecular weight is 400 g/mol. The molecule has 0 saturated carbocycles. The molecule has 1 saturated heterocycles. The first-order valence-corrected chi connectivity index (χ1v) is 10.1. The predicted molar refractivity (Wildman–Crippen MR) is 119 cm³/mol. The number of aryl methyl sites for hydroxylation is 1. The van der Waals surface area contributed by atoms with E-state index in [9.17, 15) is 9.59 Å². The van der Waals surface area contributed by atoms with E-state index in [1.165, 1.54) is 0 Å². The van der Waals surface area contributed by atoms with Gasteiger partial charge in [-0.1, -0.05) is 37.3 Å². The number of carbonyl (C=O) groups is 1. The van der Waals surface area contributed by atoms with E-state index in [1.54, 1.807) is 23.4 Å². The third-order valence-corrected chi connectivity index (χ3v) is 5.19. The van der Waals surface area contributed by atoms with E-state index in [0.717, 1.165) is 28.8 Å². The zero-order valence-corrected chi connectivity index (χ0v) is 16.8. The summed E-state index contributed by atoms with van der Waals surface area (Å²) in [4.78, 5) is 33.4. The first kappa shape index (κ1) is 19.6. The Balaban J connectivity index is 1.38. The number of carbonyl (C=O) groups excluding carboxylic acids is 1. The number of aromatic nitrogens is 2. The number of anilines is 1. The standard InChI is InChI=1S/C24H24N4O2/c1-2-20-12-18(10-11-25-20)19-13-22(24(30)26-14-19)27-21-15-28(16-21)23(29)9-8-17-6-4-3-5-7-17/h3-14,21,27H,2,15-16H2,1H3,(H,26,30)/b9-8+. The van der Waals surface area contributed by atoms with E-state index in [4.69, 9.17) is 0 Å². The summed E-state index contributed by atoms with van der Waals surface area (Å²) in [6, 6.07) is 15.6. The Hall–Kier alpha value is -3.67. The van der Waals surface area contributed by atoms with E-state index < -0.39 is 0 Å². The molecular weight excluding hydrogens is 376 g/mol. The molecule has 2 aromatic heterocycles. The van der Waals surface area contributed by atoms with Crippen molar-refractivity contribution in [2.45, 2.75) is 19.4 Å². The number of benzene rings is 1. The van der Waals surface area contributed by atoms with Crippen LogP contribution < -0.4 is 10.9 Å². The summed E-state index contributed by atoms with van der Waals surface area (Å²) >= 11 is 0. The van der Waals surface area contributed by atoms with Gasteiger partial charge >= 0.3 is 0 Å². The molecule has 0 aliphatic carbocycles. The fourth-order valence-electron chi connectivity index (χ4n) is 3.42. The lowest BCUT2D eigenvalue weighted by Crippen LogP contribution is -2.57. The number of likely N-dealkylation sites (tertiary alicyclic amines) is 1. The molecule has 0 unspecified atom stereocenters. The van der Waals surface area contributed by atoms with Gasteiger partial charge in [0.15, 0.2) is 0 Å². The summed E-state index contributed by atoms with van der Waals surface area (Å²) < 4.78 is 0. The molecule has 0 spiro atoms. The van der Waals surface area contributed by atoms with Crippen molar-refractivity contribution in [3.63, 3.8) is 0 Å². The van der Waals surface area contributed by atoms with Crippen molar-refractivity contribution in [2.75, 3.05) is 18.4 Å². The zero-order valence-electron chi connectivity index (χ0n) is 16.8. The molecule has 152 valence electrons. The highest BCUT2D eigenvalue weighted by Crippen LogP contribution is 2.22. The monoisotopic (exact) mass is 400 g/mol. The molecule has 3 heterocycles. The number of rotatable bonds is 6. The molecule has 0 radical (unpaired) electrons. The van der Waals surface area contributed by atoms with E-state index >= 15 is 0 Å². The van der Waals surface area contributed by atoms with Crippen LogP contribution in [0.25, 0.3) is 17.2 Å². The summed E-state index contributed by atoms with van der Waals surface area (Å²) in [5.41, 5.74) is 4.28. The Morgan fingerprint density at radius 1 is 1.20 bits per heavy atom. The lowest BCUT2D eigenvalue weighted by Gasteiger charge is -2.39. The number of nitrogens with zero attached hydrogens (tertiary/aromatic N) is 2. The van der Waals surface area contributed by atoms with Crippen molar-refractivity contribution < 1.29 is 4.79 Å². The number of hydrogen-bond acceptors (Lipinski definition) is 4. The largest absolute Gasteiger partial charge is 0.374 e. The van der Waals surface area contributed by atoms with Gasteiger partial charge in [0.2, 0.25) is 5.91 Å². The normalized spacial score (nSPS) is 14.0. The van der Waals surface area contributed by atoms with Gasteiger partial charge in [0, 0.05) is 42.8 Å². The molecule has 0 bridgehead atoms. The predicted octanol–water partition coefficient (Wildman–Crippen LogP) is 3.34. The quantitative estimate of drug-likeness (QED) is 0.622. The summed E-state index contributed by atoms with van der Waals surface area (Å²) in [5, 5.41) is 3.27. The van der Waals surface area contributed by atoms with Gasteiger partial charge in [0.1, 0.15) is 5.69 Å². The number of amides is 1. The average Bonchev–Trinajstić information content (AvgIpc) is 2.76. The van der Waals surface area contributed by atoms with E-state index in [2.05, 4.69) is 22.2 Å². The SMILES string of the molecule is CCc1cc(-c2c[nH]c(=O)c(NC3CN(C(=O)/C=C/c4ccccc4)C3)c2)ccn1.